The number of methoxy groups -OCH3 is 2. The summed E-state index contributed by atoms with van der Waals surface area (Å²) in [5.74, 6) is 0.575. The first-order valence-corrected chi connectivity index (χ1v) is 5.87. The molecule has 0 amide bonds. The molecule has 1 heterocycles. The Labute approximate surface area is 106 Å². The van der Waals surface area contributed by atoms with Crippen molar-refractivity contribution in [3.8, 4) is 11.5 Å². The molecule has 1 unspecified atom stereocenters. The summed E-state index contributed by atoms with van der Waals surface area (Å²) < 4.78 is 10.5. The van der Waals surface area contributed by atoms with Gasteiger partial charge in [0, 0.05) is 17.8 Å². The molecule has 2 N–H and O–H groups in total. The molecule has 1 aromatic carbocycles. The van der Waals surface area contributed by atoms with Crippen molar-refractivity contribution in [1.82, 2.24) is 0 Å². The minimum absolute atomic E-state index is 0.0203. The minimum Gasteiger partial charge on any atom is -0.493 e. The van der Waals surface area contributed by atoms with Gasteiger partial charge in [-0.25, -0.2) is 0 Å². The molecule has 0 spiro atoms. The molecule has 0 aliphatic carbocycles. The van der Waals surface area contributed by atoms with Crippen molar-refractivity contribution in [2.45, 2.75) is 25.3 Å². The molecular weight excluding hydrogens is 234 g/mol. The van der Waals surface area contributed by atoms with E-state index in [0.29, 0.717) is 11.5 Å². The quantitative estimate of drug-likeness (QED) is 0.855. The van der Waals surface area contributed by atoms with Gasteiger partial charge in [0.1, 0.15) is 0 Å². The summed E-state index contributed by atoms with van der Waals surface area (Å²) in [4.78, 5) is 10.7. The van der Waals surface area contributed by atoms with Crippen LogP contribution in [0.2, 0.25) is 0 Å². The summed E-state index contributed by atoms with van der Waals surface area (Å²) in [5, 5.41) is 12.0. The lowest BCUT2D eigenvalue weighted by molar-refractivity contribution is -0.137. The lowest BCUT2D eigenvalue weighted by Gasteiger charge is -2.27. The number of carbonyl (C=O) groups is 1. The third-order valence-corrected chi connectivity index (χ3v) is 3.15. The molecule has 0 aromatic heterocycles. The van der Waals surface area contributed by atoms with Crippen molar-refractivity contribution in [3.05, 3.63) is 17.7 Å². The number of benzene rings is 1. The standard InChI is InChI=1S/C13H17NO4/c1-17-11-5-8-3-4-9(6-13(15)16)14-10(8)7-12(11)18-2/h5,7,9,14H,3-4,6H2,1-2H3,(H,15,16). The normalized spacial score (nSPS) is 17.6. The summed E-state index contributed by atoms with van der Waals surface area (Å²) in [7, 11) is 3.19. The Bertz CT molecular complexity index is 459. The first-order valence-electron chi connectivity index (χ1n) is 5.87. The summed E-state index contributed by atoms with van der Waals surface area (Å²) in [6.07, 6.45) is 1.79. The van der Waals surface area contributed by atoms with Crippen LogP contribution in [0.15, 0.2) is 12.1 Å². The largest absolute Gasteiger partial charge is 0.493 e. The van der Waals surface area contributed by atoms with E-state index < -0.39 is 5.97 Å². The van der Waals surface area contributed by atoms with Crippen molar-refractivity contribution in [2.75, 3.05) is 19.5 Å². The summed E-state index contributed by atoms with van der Waals surface area (Å²) in [6.45, 7) is 0. The Morgan fingerprint density at radius 1 is 1.39 bits per heavy atom. The number of ether oxygens (including phenoxy) is 2. The Balaban J connectivity index is 2.24. The molecule has 5 heteroatoms. The molecule has 1 aromatic rings. The fourth-order valence-electron chi connectivity index (χ4n) is 2.25. The van der Waals surface area contributed by atoms with Gasteiger partial charge in [0.25, 0.3) is 0 Å². The molecule has 0 radical (unpaired) electrons. The second-order valence-electron chi connectivity index (χ2n) is 4.34. The maximum absolute atomic E-state index is 10.7. The van der Waals surface area contributed by atoms with E-state index >= 15 is 0 Å². The van der Waals surface area contributed by atoms with Crippen LogP contribution in [0.5, 0.6) is 11.5 Å². The van der Waals surface area contributed by atoms with Gasteiger partial charge in [-0.1, -0.05) is 0 Å². The van der Waals surface area contributed by atoms with Crippen LogP contribution in [-0.2, 0) is 11.2 Å². The van der Waals surface area contributed by atoms with Crippen LogP contribution in [0.3, 0.4) is 0 Å². The number of hydrogen-bond acceptors (Lipinski definition) is 4. The second-order valence-corrected chi connectivity index (χ2v) is 4.34. The number of nitrogens with one attached hydrogen (secondary N) is 1. The zero-order chi connectivity index (χ0) is 13.1. The number of fused-ring (bicyclic) bond motifs is 1. The number of aryl methyl sites for hydroxylation is 1. The van der Waals surface area contributed by atoms with Crippen LogP contribution in [0.4, 0.5) is 5.69 Å². The van der Waals surface area contributed by atoms with Crippen LogP contribution in [0, 0.1) is 0 Å². The van der Waals surface area contributed by atoms with Crippen LogP contribution in [-0.4, -0.2) is 31.3 Å². The number of hydrogen-bond donors (Lipinski definition) is 2. The average molecular weight is 251 g/mol. The molecule has 0 saturated carbocycles. The molecule has 0 bridgehead atoms. The van der Waals surface area contributed by atoms with Crippen molar-refractivity contribution in [3.63, 3.8) is 0 Å². The first kappa shape index (κ1) is 12.5. The Kier molecular flexibility index (Phi) is 3.60. The second kappa shape index (κ2) is 5.16. The smallest absolute Gasteiger partial charge is 0.305 e. The van der Waals surface area contributed by atoms with E-state index in [1.807, 2.05) is 12.1 Å². The van der Waals surface area contributed by atoms with E-state index in [4.69, 9.17) is 14.6 Å². The topological polar surface area (TPSA) is 67.8 Å². The molecule has 5 nitrogen and oxygen atoms in total. The Morgan fingerprint density at radius 2 is 2.06 bits per heavy atom. The van der Waals surface area contributed by atoms with Gasteiger partial charge in [0.2, 0.25) is 0 Å². The van der Waals surface area contributed by atoms with E-state index in [2.05, 4.69) is 5.32 Å². The van der Waals surface area contributed by atoms with Crippen LogP contribution in [0.25, 0.3) is 0 Å². The third kappa shape index (κ3) is 2.50. The van der Waals surface area contributed by atoms with Crippen molar-refractivity contribution >= 4 is 11.7 Å². The van der Waals surface area contributed by atoms with Crippen molar-refractivity contribution < 1.29 is 19.4 Å². The maximum Gasteiger partial charge on any atom is 0.305 e. The predicted octanol–water partition coefficient (Wildman–Crippen LogP) is 1.91. The van der Waals surface area contributed by atoms with Gasteiger partial charge in [-0.05, 0) is 24.5 Å². The van der Waals surface area contributed by atoms with Crippen molar-refractivity contribution in [2.24, 2.45) is 0 Å². The molecule has 1 aliphatic heterocycles. The molecule has 2 rings (SSSR count). The highest BCUT2D eigenvalue weighted by atomic mass is 16.5. The molecule has 18 heavy (non-hydrogen) atoms. The zero-order valence-electron chi connectivity index (χ0n) is 10.5. The van der Waals surface area contributed by atoms with E-state index in [1.165, 1.54) is 0 Å². The highest BCUT2D eigenvalue weighted by Crippen LogP contribution is 2.36. The molecular formula is C13H17NO4. The first-order chi connectivity index (χ1) is 8.63. The lowest BCUT2D eigenvalue weighted by Crippen LogP contribution is -2.28. The van der Waals surface area contributed by atoms with E-state index in [9.17, 15) is 4.79 Å². The van der Waals surface area contributed by atoms with Gasteiger partial charge in [-0.3, -0.25) is 4.79 Å². The number of carboxylic acid groups (broad SMARTS) is 1. The van der Waals surface area contributed by atoms with Gasteiger partial charge in [0.15, 0.2) is 11.5 Å². The van der Waals surface area contributed by atoms with Gasteiger partial charge in [-0.15, -0.1) is 0 Å². The molecule has 0 saturated heterocycles. The average Bonchev–Trinajstić information content (AvgIpc) is 2.36. The summed E-state index contributed by atoms with van der Waals surface area (Å²) in [6, 6.07) is 3.79. The van der Waals surface area contributed by atoms with Gasteiger partial charge in [0.05, 0.1) is 20.6 Å². The van der Waals surface area contributed by atoms with E-state index in [0.717, 1.165) is 24.1 Å². The van der Waals surface area contributed by atoms with Gasteiger partial charge < -0.3 is 19.9 Å². The molecule has 1 aliphatic rings. The predicted molar refractivity (Wildman–Crippen MR) is 67.5 cm³/mol. The molecule has 1 atom stereocenters. The van der Waals surface area contributed by atoms with Crippen LogP contribution in [0.1, 0.15) is 18.4 Å². The summed E-state index contributed by atoms with van der Waals surface area (Å²) >= 11 is 0. The van der Waals surface area contributed by atoms with Gasteiger partial charge in [-0.2, -0.15) is 0 Å². The number of carboxylic acids is 1. The highest BCUT2D eigenvalue weighted by molar-refractivity contribution is 5.69. The third-order valence-electron chi connectivity index (χ3n) is 3.15. The van der Waals surface area contributed by atoms with Crippen LogP contribution >= 0.6 is 0 Å². The monoisotopic (exact) mass is 251 g/mol. The minimum atomic E-state index is -0.781. The van der Waals surface area contributed by atoms with Gasteiger partial charge >= 0.3 is 5.97 Å². The number of anilines is 1. The molecule has 0 fully saturated rings. The van der Waals surface area contributed by atoms with Crippen molar-refractivity contribution in [1.29, 1.82) is 0 Å². The zero-order valence-corrected chi connectivity index (χ0v) is 10.5. The van der Waals surface area contributed by atoms with E-state index in [1.54, 1.807) is 14.2 Å². The van der Waals surface area contributed by atoms with E-state index in [-0.39, 0.29) is 12.5 Å². The molecule has 98 valence electrons. The number of aliphatic carboxylic acids is 1. The Morgan fingerprint density at radius 3 is 2.67 bits per heavy atom. The SMILES string of the molecule is COc1cc2c(cc1OC)NC(CC(=O)O)CC2. The number of rotatable bonds is 4. The fourth-order valence-corrected chi connectivity index (χ4v) is 2.25. The summed E-state index contributed by atoms with van der Waals surface area (Å²) in [5.41, 5.74) is 2.07. The highest BCUT2D eigenvalue weighted by Gasteiger charge is 2.22. The lowest BCUT2D eigenvalue weighted by atomic mass is 9.96. The Hall–Kier alpha value is -1.91. The fraction of sp³-hybridized carbons (Fsp3) is 0.462. The maximum atomic E-state index is 10.7. The van der Waals surface area contributed by atoms with Crippen LogP contribution < -0.4 is 14.8 Å².